The number of carbonyl (C=O) groups excluding carboxylic acids is 3. The van der Waals surface area contributed by atoms with E-state index in [4.69, 9.17) is 9.15 Å². The van der Waals surface area contributed by atoms with Gasteiger partial charge in [0.25, 0.3) is 11.8 Å². The Kier molecular flexibility index (Phi) is 6.89. The Morgan fingerprint density at radius 1 is 1.14 bits per heavy atom. The first-order chi connectivity index (χ1) is 14.0. The largest absolute Gasteiger partial charge is 0.459 e. The number of hydrogen-bond acceptors (Lipinski definition) is 6. The first-order valence-electron chi connectivity index (χ1n) is 9.63. The molecule has 8 heteroatoms. The Hall–Kier alpha value is -3.29. The normalized spacial score (nSPS) is 14.3. The summed E-state index contributed by atoms with van der Waals surface area (Å²) >= 11 is 0. The zero-order valence-electron chi connectivity index (χ0n) is 16.3. The summed E-state index contributed by atoms with van der Waals surface area (Å²) in [5.41, 5.74) is 1.76. The maximum absolute atomic E-state index is 12.0. The van der Waals surface area contributed by atoms with Crippen molar-refractivity contribution in [2.45, 2.75) is 19.8 Å². The standard InChI is InChI=1S/C21H25N3O5/c1-15-8-10-24(11-9-15)17-6-4-16(5-7-17)23-19(25)14-29-20(26)13-22-21(27)18-3-2-12-28-18/h2-7,12,15H,8-11,13-14H2,1H3,(H,22,27)(H,23,25). The van der Waals surface area contributed by atoms with Gasteiger partial charge in [0.15, 0.2) is 12.4 Å². The van der Waals surface area contributed by atoms with Crippen molar-refractivity contribution >= 4 is 29.2 Å². The van der Waals surface area contributed by atoms with Gasteiger partial charge in [-0.2, -0.15) is 0 Å². The van der Waals surface area contributed by atoms with Crippen LogP contribution in [0.2, 0.25) is 0 Å². The highest BCUT2D eigenvalue weighted by atomic mass is 16.5. The van der Waals surface area contributed by atoms with Crippen molar-refractivity contribution < 1.29 is 23.5 Å². The molecule has 0 aliphatic carbocycles. The summed E-state index contributed by atoms with van der Waals surface area (Å²) in [6.07, 6.45) is 3.73. The maximum Gasteiger partial charge on any atom is 0.325 e. The summed E-state index contributed by atoms with van der Waals surface area (Å²) in [5.74, 6) is -0.825. The lowest BCUT2D eigenvalue weighted by atomic mass is 9.99. The maximum atomic E-state index is 12.0. The van der Waals surface area contributed by atoms with E-state index in [1.165, 1.54) is 25.2 Å². The minimum absolute atomic E-state index is 0.0954. The Morgan fingerprint density at radius 3 is 2.52 bits per heavy atom. The average Bonchev–Trinajstić information content (AvgIpc) is 3.27. The highest BCUT2D eigenvalue weighted by Gasteiger charge is 2.16. The number of nitrogens with zero attached hydrogens (tertiary/aromatic N) is 1. The van der Waals surface area contributed by atoms with Gasteiger partial charge in [-0.1, -0.05) is 6.92 Å². The molecular weight excluding hydrogens is 374 g/mol. The molecule has 2 heterocycles. The molecule has 2 amide bonds. The van der Waals surface area contributed by atoms with Crippen LogP contribution in [0, 0.1) is 5.92 Å². The molecule has 154 valence electrons. The van der Waals surface area contributed by atoms with Crippen LogP contribution in [0.25, 0.3) is 0 Å². The molecule has 1 aliphatic rings. The summed E-state index contributed by atoms with van der Waals surface area (Å²) in [4.78, 5) is 37.6. The molecular formula is C21H25N3O5. The molecule has 1 saturated heterocycles. The third kappa shape index (κ3) is 6.10. The third-order valence-electron chi connectivity index (χ3n) is 4.80. The van der Waals surface area contributed by atoms with Crippen LogP contribution in [-0.2, 0) is 14.3 Å². The number of anilines is 2. The van der Waals surface area contributed by atoms with Crippen LogP contribution in [0.15, 0.2) is 47.1 Å². The zero-order valence-corrected chi connectivity index (χ0v) is 16.3. The van der Waals surface area contributed by atoms with Gasteiger partial charge in [0.05, 0.1) is 6.26 Å². The van der Waals surface area contributed by atoms with E-state index >= 15 is 0 Å². The number of benzene rings is 1. The van der Waals surface area contributed by atoms with Crippen LogP contribution in [0.4, 0.5) is 11.4 Å². The topological polar surface area (TPSA) is 101 Å². The molecule has 0 atom stereocenters. The lowest BCUT2D eigenvalue weighted by Crippen LogP contribution is -2.32. The second-order valence-corrected chi connectivity index (χ2v) is 7.09. The monoisotopic (exact) mass is 399 g/mol. The number of hydrogen-bond donors (Lipinski definition) is 2. The van der Waals surface area contributed by atoms with Gasteiger partial charge in [0, 0.05) is 24.5 Å². The Labute approximate surface area is 169 Å². The average molecular weight is 399 g/mol. The van der Waals surface area contributed by atoms with Crippen LogP contribution in [0.3, 0.4) is 0 Å². The number of furan rings is 1. The van der Waals surface area contributed by atoms with Crippen molar-refractivity contribution in [3.05, 3.63) is 48.4 Å². The minimum atomic E-state index is -0.713. The fraction of sp³-hybridized carbons (Fsp3) is 0.381. The summed E-state index contributed by atoms with van der Waals surface area (Å²) in [6.45, 7) is 3.57. The van der Waals surface area contributed by atoms with Crippen molar-refractivity contribution in [3.63, 3.8) is 0 Å². The lowest BCUT2D eigenvalue weighted by molar-refractivity contribution is -0.146. The number of ether oxygens (including phenoxy) is 1. The van der Waals surface area contributed by atoms with E-state index < -0.39 is 24.4 Å². The predicted molar refractivity (Wildman–Crippen MR) is 108 cm³/mol. The molecule has 1 aliphatic heterocycles. The molecule has 29 heavy (non-hydrogen) atoms. The van der Waals surface area contributed by atoms with Crippen LogP contribution in [0.5, 0.6) is 0 Å². The molecule has 1 aromatic heterocycles. The van der Waals surface area contributed by atoms with E-state index in [0.717, 1.165) is 24.7 Å². The molecule has 0 saturated carbocycles. The SMILES string of the molecule is CC1CCN(c2ccc(NC(=O)COC(=O)CNC(=O)c3ccco3)cc2)CC1. The van der Waals surface area contributed by atoms with Gasteiger partial charge < -0.3 is 24.7 Å². The predicted octanol–water partition coefficient (Wildman–Crippen LogP) is 2.43. The first kappa shape index (κ1) is 20.4. The number of nitrogens with one attached hydrogen (secondary N) is 2. The summed E-state index contributed by atoms with van der Waals surface area (Å²) in [6, 6.07) is 10.7. The van der Waals surface area contributed by atoms with Gasteiger partial charge in [-0.15, -0.1) is 0 Å². The summed E-state index contributed by atoms with van der Waals surface area (Å²) < 4.78 is 9.78. The van der Waals surface area contributed by atoms with E-state index in [0.29, 0.717) is 5.69 Å². The molecule has 1 fully saturated rings. The second kappa shape index (κ2) is 9.77. The van der Waals surface area contributed by atoms with E-state index in [-0.39, 0.29) is 12.3 Å². The van der Waals surface area contributed by atoms with Gasteiger partial charge in [0.1, 0.15) is 6.54 Å². The lowest BCUT2D eigenvalue weighted by Gasteiger charge is -2.32. The van der Waals surface area contributed by atoms with Gasteiger partial charge >= 0.3 is 5.97 Å². The quantitative estimate of drug-likeness (QED) is 0.694. The van der Waals surface area contributed by atoms with Crippen molar-refractivity contribution in [2.75, 3.05) is 36.5 Å². The molecule has 0 spiro atoms. The number of carbonyl (C=O) groups is 3. The van der Waals surface area contributed by atoms with E-state index in [1.807, 2.05) is 24.3 Å². The van der Waals surface area contributed by atoms with Crippen LogP contribution in [-0.4, -0.2) is 44.0 Å². The number of piperidine rings is 1. The smallest absolute Gasteiger partial charge is 0.325 e. The second-order valence-electron chi connectivity index (χ2n) is 7.09. The molecule has 0 radical (unpaired) electrons. The summed E-state index contributed by atoms with van der Waals surface area (Å²) in [7, 11) is 0. The third-order valence-corrected chi connectivity index (χ3v) is 4.80. The van der Waals surface area contributed by atoms with Crippen molar-refractivity contribution in [3.8, 4) is 0 Å². The van der Waals surface area contributed by atoms with Crippen LogP contribution in [0.1, 0.15) is 30.3 Å². The Bertz CT molecular complexity index is 825. The van der Waals surface area contributed by atoms with Crippen LogP contribution < -0.4 is 15.5 Å². The molecule has 0 unspecified atom stereocenters. The zero-order chi connectivity index (χ0) is 20.6. The molecule has 8 nitrogen and oxygen atoms in total. The minimum Gasteiger partial charge on any atom is -0.459 e. The number of amides is 2. The summed E-state index contributed by atoms with van der Waals surface area (Å²) in [5, 5.41) is 5.04. The van der Waals surface area contributed by atoms with Crippen molar-refractivity contribution in [1.82, 2.24) is 5.32 Å². The van der Waals surface area contributed by atoms with E-state index in [9.17, 15) is 14.4 Å². The van der Waals surface area contributed by atoms with E-state index in [1.54, 1.807) is 6.07 Å². The van der Waals surface area contributed by atoms with Gasteiger partial charge in [-0.05, 0) is 55.2 Å². The fourth-order valence-electron chi connectivity index (χ4n) is 3.06. The van der Waals surface area contributed by atoms with Crippen molar-refractivity contribution in [2.24, 2.45) is 5.92 Å². The molecule has 2 aromatic rings. The highest BCUT2D eigenvalue weighted by molar-refractivity contribution is 5.95. The van der Waals surface area contributed by atoms with Crippen LogP contribution >= 0.6 is 0 Å². The first-order valence-corrected chi connectivity index (χ1v) is 9.63. The fourth-order valence-corrected chi connectivity index (χ4v) is 3.06. The highest BCUT2D eigenvalue weighted by Crippen LogP contribution is 2.24. The van der Waals surface area contributed by atoms with E-state index in [2.05, 4.69) is 22.5 Å². The Morgan fingerprint density at radius 2 is 1.86 bits per heavy atom. The number of esters is 1. The molecule has 0 bridgehead atoms. The number of rotatable bonds is 7. The van der Waals surface area contributed by atoms with Gasteiger partial charge in [-0.25, -0.2) is 0 Å². The Balaban J connectivity index is 1.37. The molecule has 3 rings (SSSR count). The van der Waals surface area contributed by atoms with Gasteiger partial charge in [-0.3, -0.25) is 14.4 Å². The van der Waals surface area contributed by atoms with Crippen molar-refractivity contribution in [1.29, 1.82) is 0 Å². The van der Waals surface area contributed by atoms with Gasteiger partial charge in [0.2, 0.25) is 0 Å². The molecule has 2 N–H and O–H groups in total. The molecule has 1 aromatic carbocycles.